The Balaban J connectivity index is 0.00000200. The first-order chi connectivity index (χ1) is 8.79. The number of aryl methyl sites for hydroxylation is 1. The number of alkyl halides is 3. The predicted molar refractivity (Wildman–Crippen MR) is 76.4 cm³/mol. The minimum absolute atomic E-state index is 0. The summed E-state index contributed by atoms with van der Waals surface area (Å²) in [5, 5.41) is 3.79. The highest BCUT2D eigenvalue weighted by Gasteiger charge is 2.38. The van der Waals surface area contributed by atoms with Crippen molar-refractivity contribution < 1.29 is 13.2 Å². The zero-order chi connectivity index (χ0) is 14.2. The minimum Gasteiger partial charge on any atom is -0.311 e. The number of aromatic nitrogens is 1. The van der Waals surface area contributed by atoms with Gasteiger partial charge in [0, 0.05) is 31.7 Å². The van der Waals surface area contributed by atoms with Crippen LogP contribution in [0, 0.1) is 6.92 Å². The van der Waals surface area contributed by atoms with E-state index in [2.05, 4.69) is 22.1 Å². The van der Waals surface area contributed by atoms with Gasteiger partial charge in [-0.15, -0.1) is 23.7 Å². The van der Waals surface area contributed by atoms with E-state index in [9.17, 15) is 13.2 Å². The molecule has 2 unspecified atom stereocenters. The van der Waals surface area contributed by atoms with Crippen LogP contribution in [-0.2, 0) is 12.7 Å². The second kappa shape index (κ2) is 6.60. The summed E-state index contributed by atoms with van der Waals surface area (Å²) >= 11 is 1.14. The monoisotopic (exact) mass is 329 g/mol. The predicted octanol–water partition coefficient (Wildman–Crippen LogP) is 3.07. The van der Waals surface area contributed by atoms with Crippen LogP contribution in [0.4, 0.5) is 13.2 Å². The van der Waals surface area contributed by atoms with Crippen LogP contribution >= 0.6 is 23.7 Å². The average Bonchev–Trinajstić information content (AvgIpc) is 2.66. The minimum atomic E-state index is -4.36. The van der Waals surface area contributed by atoms with Crippen LogP contribution in [0.25, 0.3) is 0 Å². The Labute approximate surface area is 127 Å². The summed E-state index contributed by atoms with van der Waals surface area (Å²) < 4.78 is 38.7. The summed E-state index contributed by atoms with van der Waals surface area (Å²) in [5.74, 6) is 0. The van der Waals surface area contributed by atoms with Crippen LogP contribution < -0.4 is 5.32 Å². The van der Waals surface area contributed by atoms with Crippen LogP contribution in [0.5, 0.6) is 0 Å². The lowest BCUT2D eigenvalue weighted by Gasteiger charge is -2.38. The third kappa shape index (κ3) is 3.84. The summed E-state index contributed by atoms with van der Waals surface area (Å²) in [7, 11) is 0. The Morgan fingerprint density at radius 2 is 2.05 bits per heavy atom. The first-order valence-electron chi connectivity index (χ1n) is 6.30. The van der Waals surface area contributed by atoms with Gasteiger partial charge in [-0.2, -0.15) is 13.2 Å². The zero-order valence-corrected chi connectivity index (χ0v) is 13.3. The van der Waals surface area contributed by atoms with Gasteiger partial charge in [0.25, 0.3) is 0 Å². The summed E-state index contributed by atoms with van der Waals surface area (Å²) in [6, 6.07) is 0.509. The van der Waals surface area contributed by atoms with E-state index in [4.69, 9.17) is 0 Å². The molecule has 1 fully saturated rings. The number of nitrogens with zero attached hydrogens (tertiary/aromatic N) is 2. The Morgan fingerprint density at radius 3 is 2.65 bits per heavy atom. The van der Waals surface area contributed by atoms with Gasteiger partial charge in [-0.05, 0) is 20.8 Å². The fourth-order valence-corrected chi connectivity index (χ4v) is 3.31. The van der Waals surface area contributed by atoms with E-state index in [0.717, 1.165) is 24.4 Å². The van der Waals surface area contributed by atoms with Crippen LogP contribution in [0.3, 0.4) is 0 Å². The van der Waals surface area contributed by atoms with E-state index in [1.165, 1.54) is 0 Å². The molecular formula is C12H19ClF3N3S. The molecule has 1 aliphatic rings. The van der Waals surface area contributed by atoms with E-state index in [-0.39, 0.29) is 24.5 Å². The van der Waals surface area contributed by atoms with Gasteiger partial charge in [0.15, 0.2) is 5.69 Å². The van der Waals surface area contributed by atoms with Crippen molar-refractivity contribution in [2.45, 2.75) is 45.6 Å². The van der Waals surface area contributed by atoms with Gasteiger partial charge in [0.1, 0.15) is 0 Å². The van der Waals surface area contributed by atoms with Crippen molar-refractivity contribution >= 4 is 23.7 Å². The molecule has 0 spiro atoms. The van der Waals surface area contributed by atoms with E-state index in [1.807, 2.05) is 6.92 Å². The topological polar surface area (TPSA) is 28.2 Å². The molecule has 0 saturated carbocycles. The normalized spacial score (nSPS) is 24.5. The maximum Gasteiger partial charge on any atom is 0.434 e. The van der Waals surface area contributed by atoms with E-state index >= 15 is 0 Å². The lowest BCUT2D eigenvalue weighted by molar-refractivity contribution is -0.141. The van der Waals surface area contributed by atoms with Crippen molar-refractivity contribution in [1.82, 2.24) is 15.2 Å². The second-order valence-electron chi connectivity index (χ2n) is 4.96. The fraction of sp³-hybridized carbons (Fsp3) is 0.750. The van der Waals surface area contributed by atoms with Gasteiger partial charge in [-0.25, -0.2) is 4.98 Å². The van der Waals surface area contributed by atoms with E-state index < -0.39 is 11.9 Å². The Bertz CT molecular complexity index is 450. The van der Waals surface area contributed by atoms with Crippen molar-refractivity contribution in [3.05, 3.63) is 15.6 Å². The van der Waals surface area contributed by atoms with Gasteiger partial charge in [-0.3, -0.25) is 4.90 Å². The Hall–Kier alpha value is -0.370. The van der Waals surface area contributed by atoms with Crippen molar-refractivity contribution in [3.63, 3.8) is 0 Å². The molecule has 2 atom stereocenters. The third-order valence-corrected chi connectivity index (χ3v) is 4.54. The van der Waals surface area contributed by atoms with Crippen LogP contribution in [0.1, 0.15) is 29.4 Å². The molecule has 116 valence electrons. The van der Waals surface area contributed by atoms with Crippen LogP contribution in [0.2, 0.25) is 0 Å². The molecule has 1 aromatic rings. The van der Waals surface area contributed by atoms with Crippen LogP contribution in [0.15, 0.2) is 0 Å². The molecule has 0 amide bonds. The Kier molecular flexibility index (Phi) is 5.83. The summed E-state index contributed by atoms with van der Waals surface area (Å²) in [6.45, 7) is 7.61. The van der Waals surface area contributed by atoms with Crippen molar-refractivity contribution in [3.8, 4) is 0 Å². The highest BCUT2D eigenvalue weighted by atomic mass is 35.5. The Morgan fingerprint density at radius 1 is 1.40 bits per heavy atom. The van der Waals surface area contributed by atoms with Crippen molar-refractivity contribution in [1.29, 1.82) is 0 Å². The summed E-state index contributed by atoms with van der Waals surface area (Å²) in [5.41, 5.74) is -0.714. The highest BCUT2D eigenvalue weighted by molar-refractivity contribution is 7.11. The molecule has 1 aromatic heterocycles. The summed E-state index contributed by atoms with van der Waals surface area (Å²) in [6.07, 6.45) is -4.36. The van der Waals surface area contributed by atoms with Gasteiger partial charge >= 0.3 is 6.18 Å². The van der Waals surface area contributed by atoms with E-state index in [0.29, 0.717) is 16.4 Å². The SMILES string of the molecule is Cc1nc(C(F)(F)F)c(CN2CCNC(C)C2C)s1.Cl. The van der Waals surface area contributed by atoms with Crippen molar-refractivity contribution in [2.75, 3.05) is 13.1 Å². The molecule has 3 nitrogen and oxygen atoms in total. The zero-order valence-electron chi connectivity index (χ0n) is 11.6. The molecule has 1 saturated heterocycles. The van der Waals surface area contributed by atoms with E-state index in [1.54, 1.807) is 6.92 Å². The van der Waals surface area contributed by atoms with Gasteiger partial charge < -0.3 is 5.32 Å². The van der Waals surface area contributed by atoms with Gasteiger partial charge in [-0.1, -0.05) is 0 Å². The maximum absolute atomic E-state index is 12.9. The molecule has 8 heteroatoms. The lowest BCUT2D eigenvalue weighted by Crippen LogP contribution is -2.54. The largest absolute Gasteiger partial charge is 0.434 e. The van der Waals surface area contributed by atoms with Crippen LogP contribution in [-0.4, -0.2) is 35.1 Å². The first-order valence-corrected chi connectivity index (χ1v) is 7.11. The molecule has 0 aliphatic carbocycles. The number of hydrogen-bond donors (Lipinski definition) is 1. The molecule has 20 heavy (non-hydrogen) atoms. The molecular weight excluding hydrogens is 311 g/mol. The van der Waals surface area contributed by atoms with Crippen molar-refractivity contribution in [2.24, 2.45) is 0 Å². The quantitative estimate of drug-likeness (QED) is 0.904. The maximum atomic E-state index is 12.9. The number of piperazine rings is 1. The molecule has 2 heterocycles. The standard InChI is InChI=1S/C12H18F3N3S.ClH/c1-7-8(2)18(5-4-16-7)6-10-11(12(13,14)15)17-9(3)19-10;/h7-8,16H,4-6H2,1-3H3;1H. The van der Waals surface area contributed by atoms with Gasteiger partial charge in [0.05, 0.1) is 9.88 Å². The molecule has 2 rings (SSSR count). The van der Waals surface area contributed by atoms with Gasteiger partial charge in [0.2, 0.25) is 0 Å². The number of nitrogens with one attached hydrogen (secondary N) is 1. The number of hydrogen-bond acceptors (Lipinski definition) is 4. The first kappa shape index (κ1) is 17.7. The third-order valence-electron chi connectivity index (χ3n) is 3.58. The molecule has 0 aromatic carbocycles. The highest BCUT2D eigenvalue weighted by Crippen LogP contribution is 2.35. The number of rotatable bonds is 2. The smallest absolute Gasteiger partial charge is 0.311 e. The molecule has 0 bridgehead atoms. The second-order valence-corrected chi connectivity index (χ2v) is 6.24. The average molecular weight is 330 g/mol. The molecule has 1 aliphatic heterocycles. The number of halogens is 4. The number of thiazole rings is 1. The lowest BCUT2D eigenvalue weighted by atomic mass is 10.1. The molecule has 0 radical (unpaired) electrons. The summed E-state index contributed by atoms with van der Waals surface area (Å²) in [4.78, 5) is 6.05. The molecule has 1 N–H and O–H groups in total. The fourth-order valence-electron chi connectivity index (χ4n) is 2.33.